The molecular weight excluding hydrogens is 1820 g/mol. The Morgan fingerprint density at radius 1 is 0.283 bits per heavy atom. The van der Waals surface area contributed by atoms with Crippen LogP contribution in [0.5, 0.6) is 5.75 Å². The molecule has 0 amide bonds. The summed E-state index contributed by atoms with van der Waals surface area (Å²) in [6.07, 6.45) is 0. The maximum Gasteiger partial charge on any atom is 0.349 e. The van der Waals surface area contributed by atoms with Crippen LogP contribution in [-0.2, 0) is 43.6 Å². The van der Waals surface area contributed by atoms with Gasteiger partial charge in [0.15, 0.2) is 96.3 Å². The Morgan fingerprint density at radius 3 is 0.814 bits per heavy atom. The quantitative estimate of drug-likeness (QED) is 0.0194. The van der Waals surface area contributed by atoms with Crippen LogP contribution in [0.25, 0.3) is 25.1 Å². The topological polar surface area (TPSA) is 26.3 Å². The van der Waals surface area contributed by atoms with Gasteiger partial charge in [-0.05, 0) is 288 Å². The van der Waals surface area contributed by atoms with Gasteiger partial charge in [-0.1, -0.05) is 197 Å². The van der Waals surface area contributed by atoms with Gasteiger partial charge in [0.25, 0.3) is 0 Å². The minimum atomic E-state index is -2.35. The molecule has 0 fully saturated rings. The van der Waals surface area contributed by atoms with Gasteiger partial charge in [-0.3, -0.25) is 0 Å². The number of ether oxygens (including phenoxy) is 1. The molecule has 0 unspecified atom stereocenters. The van der Waals surface area contributed by atoms with Crippen molar-refractivity contribution in [2.75, 3.05) is 0 Å². The van der Waals surface area contributed by atoms with Crippen molar-refractivity contribution in [3.8, 4) is 10.6 Å². The number of esters is 1. The van der Waals surface area contributed by atoms with Crippen molar-refractivity contribution in [2.24, 2.45) is 0 Å². The predicted molar refractivity (Wildman–Crippen MR) is 481 cm³/mol. The Hall–Kier alpha value is -9.51. The summed E-state index contributed by atoms with van der Waals surface area (Å²) in [6.45, 7) is 0. The highest BCUT2D eigenvalue weighted by Gasteiger charge is 2.35. The maximum atomic E-state index is 13.9. The monoisotopic (exact) mass is 1890 g/mol. The second-order valence-corrected chi connectivity index (χ2v) is 38.6. The van der Waals surface area contributed by atoms with Crippen LogP contribution in [0.3, 0.4) is 0 Å². The molecule has 17 aromatic rings. The molecule has 16 aromatic carbocycles. The largest absolute Gasteiger partial charge is 0.423 e. The van der Waals surface area contributed by atoms with Crippen molar-refractivity contribution in [2.45, 2.75) is 58.7 Å². The van der Waals surface area contributed by atoms with Crippen molar-refractivity contribution >= 4 is 153 Å². The summed E-state index contributed by atoms with van der Waals surface area (Å²) in [7, 11) is -0.593. The van der Waals surface area contributed by atoms with Crippen molar-refractivity contribution in [1.82, 2.24) is 0 Å². The Balaban J connectivity index is 0.000000126. The predicted octanol–water partition coefficient (Wildman–Crippen LogP) is 29.4. The van der Waals surface area contributed by atoms with E-state index in [1.54, 1.807) is 12.1 Å². The van der Waals surface area contributed by atoms with Crippen LogP contribution in [0.1, 0.15) is 10.4 Å². The Bertz CT molecular complexity index is 5360. The van der Waals surface area contributed by atoms with E-state index in [2.05, 4.69) is 377 Å². The van der Waals surface area contributed by atoms with Crippen LogP contribution in [0.4, 0.5) is 22.0 Å². The first-order valence-corrected chi connectivity index (χ1v) is 44.9. The zero-order chi connectivity index (χ0) is 78.4. The fourth-order valence-electron chi connectivity index (χ4n) is 12.1. The van der Waals surface area contributed by atoms with E-state index in [1.165, 1.54) is 88.4 Å². The van der Waals surface area contributed by atoms with Crippen molar-refractivity contribution < 1.29 is 31.5 Å². The summed E-state index contributed by atoms with van der Waals surface area (Å²) in [4.78, 5) is 28.6. The van der Waals surface area contributed by atoms with Crippen molar-refractivity contribution in [1.29, 1.82) is 0 Å². The summed E-state index contributed by atoms with van der Waals surface area (Å²) in [5, 5.41) is 3.56. The molecule has 0 N–H and O–H groups in total. The number of hydrogen-bond donors (Lipinski definition) is 0. The third kappa shape index (κ3) is 20.9. The van der Waals surface area contributed by atoms with Gasteiger partial charge in [0.2, 0.25) is 5.82 Å². The molecule has 0 bridgehead atoms. The molecular formula is C97H68BrClF5I2O2S5+5. The van der Waals surface area contributed by atoms with Gasteiger partial charge >= 0.3 is 5.97 Å². The lowest BCUT2D eigenvalue weighted by Crippen LogP contribution is -2.17. The molecule has 0 aliphatic rings. The Kier molecular flexibility index (Phi) is 29.2. The second kappa shape index (κ2) is 40.5. The average Bonchev–Trinajstić information content (AvgIpc) is 1.64. The van der Waals surface area contributed by atoms with Gasteiger partial charge in [0.05, 0.1) is 43.6 Å². The molecule has 0 saturated carbocycles. The van der Waals surface area contributed by atoms with E-state index in [4.69, 9.17) is 16.3 Å². The fourth-order valence-corrected chi connectivity index (χ4v) is 23.9. The SMILES string of the molecule is Brc1ccc([S+](c2ccccc2)c2ccccc2)cc1.Clc1ccc([S+](c2ccccc2)c2ccccc2)cc1.Ic1ccc(-[s+]2c3ccccc3c3ccccc32)cc1.Ic1ccc([S+](c2ccccc2)c2ccccc2)cc1.O=C(Oc1ccc([S+](c2ccccc2)c2ccccc2)cc1)c1c(F)c(F)c(F)c(F)c1F. The lowest BCUT2D eigenvalue weighted by molar-refractivity contribution is 0.0720. The molecule has 0 atom stereocenters. The van der Waals surface area contributed by atoms with Crippen LogP contribution in [0, 0.1) is 36.2 Å². The summed E-state index contributed by atoms with van der Waals surface area (Å²) >= 11 is 14.2. The molecule has 0 aliphatic carbocycles. The van der Waals surface area contributed by atoms with Crippen LogP contribution >= 0.6 is 83.2 Å². The number of carbonyl (C=O) groups is 1. The Morgan fingerprint density at radius 2 is 0.513 bits per heavy atom. The maximum absolute atomic E-state index is 13.9. The minimum absolute atomic E-state index is 0.0262. The van der Waals surface area contributed by atoms with Crippen molar-refractivity contribution in [3.05, 3.63) is 464 Å². The van der Waals surface area contributed by atoms with E-state index in [9.17, 15) is 26.7 Å². The highest BCUT2D eigenvalue weighted by Crippen LogP contribution is 2.48. The van der Waals surface area contributed by atoms with Crippen LogP contribution in [0.2, 0.25) is 5.02 Å². The fraction of sp³-hybridized carbons (Fsp3) is 0. The molecule has 1 aromatic heterocycles. The average molecular weight is 1890 g/mol. The molecule has 0 radical (unpaired) electrons. The Labute approximate surface area is 710 Å². The summed E-state index contributed by atoms with van der Waals surface area (Å²) < 4.78 is 79.2. The molecule has 0 aliphatic heterocycles. The number of hydrogen-bond acceptors (Lipinski definition) is 2. The third-order valence-electron chi connectivity index (χ3n) is 17.2. The highest BCUT2D eigenvalue weighted by atomic mass is 127. The van der Waals surface area contributed by atoms with Gasteiger partial charge in [-0.2, -0.15) is 0 Å². The molecule has 16 heteroatoms. The van der Waals surface area contributed by atoms with Gasteiger partial charge < -0.3 is 4.74 Å². The lowest BCUT2D eigenvalue weighted by Gasteiger charge is -2.10. The first-order chi connectivity index (χ1) is 55.3. The highest BCUT2D eigenvalue weighted by molar-refractivity contribution is 14.1. The summed E-state index contributed by atoms with van der Waals surface area (Å²) in [5.74, 6) is -13.1. The molecule has 1 heterocycles. The van der Waals surface area contributed by atoms with E-state index in [1.807, 2.05) is 72.8 Å². The molecule has 0 spiro atoms. The molecule has 17 rings (SSSR count). The second-order valence-electron chi connectivity index (χ2n) is 24.6. The van der Waals surface area contributed by atoms with Crippen LogP contribution < -0.4 is 4.74 Å². The van der Waals surface area contributed by atoms with Crippen molar-refractivity contribution in [3.63, 3.8) is 0 Å². The number of rotatable bonds is 15. The van der Waals surface area contributed by atoms with E-state index >= 15 is 0 Å². The minimum Gasteiger partial charge on any atom is -0.423 e. The summed E-state index contributed by atoms with van der Waals surface area (Å²) in [5.41, 5.74) is -1.65. The number of fused-ring (bicyclic) bond motifs is 3. The number of carbonyl (C=O) groups excluding carboxylic acids is 1. The van der Waals surface area contributed by atoms with Gasteiger partial charge in [-0.25, -0.2) is 26.7 Å². The standard InChI is InChI=1S/C25H14F5O2S.C18H14BrS.C18H14ClS.C18H12IS.C18H14IS/c26-20-19(21(27)23(29)24(30)22(20)28)25(31)32-15-11-13-18(14-12-15)33(16-7-3-1-4-8-16)17-9-5-2-6-10-17;2*19-15-11-13-18(14-12-15)20(16-7-3-1-4-8-16)17-9-5-2-6-10-17;19-13-9-11-14(12-10-13)20-17-7-3-1-5-15(17)16-6-2-4-8-18(16)20;19-15-11-13-18(14-12-15)20(16-7-3-1-4-8-16)17-9-5-2-6-10-17/h1-14H;2*1-14H;1-12H;1-14H/q5*+1. The first-order valence-electron chi connectivity index (χ1n) is 35.4. The first kappa shape index (κ1) is 81.5. The van der Waals surface area contributed by atoms with Gasteiger partial charge in [0.1, 0.15) is 11.3 Å². The zero-order valence-electron chi connectivity index (χ0n) is 60.0. The molecule has 113 heavy (non-hydrogen) atoms. The zero-order valence-corrected chi connectivity index (χ0v) is 70.8. The smallest absolute Gasteiger partial charge is 0.349 e. The van der Waals surface area contributed by atoms with E-state index in [0.717, 1.165) is 24.2 Å². The lowest BCUT2D eigenvalue weighted by atomic mass is 10.1. The van der Waals surface area contributed by atoms with E-state index in [0.29, 0.717) is 0 Å². The molecule has 0 saturated heterocycles. The molecule has 556 valence electrons. The van der Waals surface area contributed by atoms with Crippen LogP contribution in [-0.4, -0.2) is 5.97 Å². The van der Waals surface area contributed by atoms with Gasteiger partial charge in [-0.15, -0.1) is 0 Å². The van der Waals surface area contributed by atoms with Crippen LogP contribution in [0.15, 0.2) is 476 Å². The number of benzene rings is 16. The van der Waals surface area contributed by atoms with Gasteiger partial charge in [0, 0.05) is 37.9 Å². The normalized spacial score (nSPS) is 10.9. The molecule has 2 nitrogen and oxygen atoms in total. The van der Waals surface area contributed by atoms with E-state index in [-0.39, 0.29) is 48.9 Å². The third-order valence-corrected chi connectivity index (χ3v) is 30.7. The number of thiophene rings is 1. The number of halogens is 9. The van der Waals surface area contributed by atoms with E-state index < -0.39 is 51.5 Å². The summed E-state index contributed by atoms with van der Waals surface area (Å²) in [6, 6.07) is 142.